The van der Waals surface area contributed by atoms with Gasteiger partial charge in [-0.25, -0.2) is 0 Å². The molecule has 1 saturated heterocycles. The minimum atomic E-state index is -1.16. The smallest absolute Gasteiger partial charge is 0.110 e. The van der Waals surface area contributed by atoms with Crippen LogP contribution in [0.5, 0.6) is 0 Å². The molecule has 168 valence electrons. The lowest BCUT2D eigenvalue weighted by atomic mass is 9.85. The number of hydrogen-bond acceptors (Lipinski definition) is 10. The lowest BCUT2D eigenvalue weighted by molar-refractivity contribution is -0.223. The fraction of sp³-hybridized carbons (Fsp3) is 1.00. The number of aliphatic hydroxyl groups excluding tert-OH is 6. The average molecular weight is 412 g/mol. The molecule has 6 N–H and O–H groups in total. The van der Waals surface area contributed by atoms with Gasteiger partial charge >= 0.3 is 0 Å². The van der Waals surface area contributed by atoms with Crippen molar-refractivity contribution < 1.29 is 49.6 Å². The lowest BCUT2D eigenvalue weighted by Crippen LogP contribution is -2.56. The van der Waals surface area contributed by atoms with Crippen molar-refractivity contribution in [1.82, 2.24) is 0 Å². The minimum absolute atomic E-state index is 0.00344. The van der Waals surface area contributed by atoms with E-state index in [2.05, 4.69) is 0 Å². The normalized spacial score (nSPS) is 31.5. The Kier molecular flexibility index (Phi) is 12.6. The predicted molar refractivity (Wildman–Crippen MR) is 97.6 cm³/mol. The molecule has 0 aromatic rings. The van der Waals surface area contributed by atoms with Crippen LogP contribution in [0.2, 0.25) is 0 Å². The summed E-state index contributed by atoms with van der Waals surface area (Å²) < 4.78 is 21.7. The molecule has 28 heavy (non-hydrogen) atoms. The van der Waals surface area contributed by atoms with Gasteiger partial charge in [0.25, 0.3) is 0 Å². The van der Waals surface area contributed by atoms with Gasteiger partial charge in [-0.2, -0.15) is 0 Å². The van der Waals surface area contributed by atoms with Crippen molar-refractivity contribution in [3.63, 3.8) is 0 Å². The van der Waals surface area contributed by atoms with Gasteiger partial charge in [-0.15, -0.1) is 0 Å². The van der Waals surface area contributed by atoms with E-state index < -0.39 is 42.5 Å². The molecular formula is C18H36O10. The van der Waals surface area contributed by atoms with Crippen molar-refractivity contribution in [3.8, 4) is 0 Å². The van der Waals surface area contributed by atoms with Gasteiger partial charge in [0.05, 0.1) is 64.6 Å². The summed E-state index contributed by atoms with van der Waals surface area (Å²) in [7, 11) is 1.46. The highest BCUT2D eigenvalue weighted by atomic mass is 16.6. The molecule has 1 heterocycles. The molecule has 10 nitrogen and oxygen atoms in total. The van der Waals surface area contributed by atoms with Gasteiger partial charge in [0.15, 0.2) is 0 Å². The van der Waals surface area contributed by atoms with Crippen LogP contribution in [0.4, 0.5) is 0 Å². The molecule has 0 amide bonds. The van der Waals surface area contributed by atoms with Crippen LogP contribution in [0, 0.1) is 11.8 Å². The maximum Gasteiger partial charge on any atom is 0.110 e. The second-order valence-corrected chi connectivity index (χ2v) is 7.05. The number of ether oxygens (including phenoxy) is 4. The molecule has 0 aromatic heterocycles. The van der Waals surface area contributed by atoms with Crippen molar-refractivity contribution in [2.24, 2.45) is 11.8 Å². The van der Waals surface area contributed by atoms with Crippen molar-refractivity contribution in [2.45, 2.75) is 50.0 Å². The van der Waals surface area contributed by atoms with E-state index in [-0.39, 0.29) is 52.2 Å². The fourth-order valence-corrected chi connectivity index (χ4v) is 3.40. The molecule has 10 heteroatoms. The fourth-order valence-electron chi connectivity index (χ4n) is 3.40. The largest absolute Gasteiger partial charge is 0.396 e. The molecule has 0 spiro atoms. The first kappa shape index (κ1) is 25.6. The van der Waals surface area contributed by atoms with E-state index in [1.165, 1.54) is 7.11 Å². The van der Waals surface area contributed by atoms with Gasteiger partial charge < -0.3 is 49.6 Å². The van der Waals surface area contributed by atoms with Crippen molar-refractivity contribution in [1.29, 1.82) is 0 Å². The third-order valence-electron chi connectivity index (χ3n) is 5.13. The quantitative estimate of drug-likeness (QED) is 0.180. The molecule has 0 bridgehead atoms. The molecule has 1 aliphatic rings. The van der Waals surface area contributed by atoms with E-state index in [4.69, 9.17) is 18.9 Å². The van der Waals surface area contributed by atoms with Crippen LogP contribution in [0.25, 0.3) is 0 Å². The van der Waals surface area contributed by atoms with E-state index in [9.17, 15) is 30.6 Å². The molecule has 1 fully saturated rings. The first-order chi connectivity index (χ1) is 13.5. The van der Waals surface area contributed by atoms with Crippen LogP contribution < -0.4 is 0 Å². The summed E-state index contributed by atoms with van der Waals surface area (Å²) in [6, 6.07) is 0. The van der Waals surface area contributed by atoms with Gasteiger partial charge in [-0.3, -0.25) is 0 Å². The monoisotopic (exact) mass is 412 g/mol. The molecule has 0 radical (unpaired) electrons. The highest BCUT2D eigenvalue weighted by Crippen LogP contribution is 2.28. The van der Waals surface area contributed by atoms with Crippen LogP contribution in [0.15, 0.2) is 0 Å². The predicted octanol–water partition coefficient (Wildman–Crippen LogP) is -2.50. The van der Waals surface area contributed by atoms with Crippen LogP contribution >= 0.6 is 0 Å². The second-order valence-electron chi connectivity index (χ2n) is 7.05. The summed E-state index contributed by atoms with van der Waals surface area (Å²) in [5.41, 5.74) is 0. The highest BCUT2D eigenvalue weighted by Gasteiger charge is 2.43. The molecule has 0 aliphatic carbocycles. The zero-order valence-electron chi connectivity index (χ0n) is 16.6. The van der Waals surface area contributed by atoms with E-state index >= 15 is 0 Å². The van der Waals surface area contributed by atoms with Crippen molar-refractivity contribution in [3.05, 3.63) is 0 Å². The molecule has 0 aromatic carbocycles. The molecule has 1 aliphatic heterocycles. The number of rotatable bonds is 14. The van der Waals surface area contributed by atoms with Crippen molar-refractivity contribution in [2.75, 3.05) is 53.4 Å². The minimum Gasteiger partial charge on any atom is -0.396 e. The zero-order valence-corrected chi connectivity index (χ0v) is 16.6. The van der Waals surface area contributed by atoms with E-state index in [0.717, 1.165) is 0 Å². The molecule has 3 unspecified atom stereocenters. The van der Waals surface area contributed by atoms with Crippen LogP contribution in [-0.4, -0.2) is 121 Å². The second kappa shape index (κ2) is 13.8. The van der Waals surface area contributed by atoms with Gasteiger partial charge in [0.2, 0.25) is 0 Å². The maximum atomic E-state index is 10.2. The Hall–Kier alpha value is -0.400. The Morgan fingerprint density at radius 3 is 2.14 bits per heavy atom. The van der Waals surface area contributed by atoms with Crippen LogP contribution in [0.1, 0.15) is 13.3 Å². The van der Waals surface area contributed by atoms with Crippen molar-refractivity contribution >= 4 is 0 Å². The first-order valence-electron chi connectivity index (χ1n) is 9.64. The number of methoxy groups -OCH3 is 1. The SMILES string of the molecule is CC[C@@H]1C(CO)O[C@H](COC[C@@H](CO)C(CO)O[C@@H](CO)COC)C(O)[C@H]1O. The summed E-state index contributed by atoms with van der Waals surface area (Å²) in [6.45, 7) is 0.606. The van der Waals surface area contributed by atoms with E-state index in [1.54, 1.807) is 0 Å². The first-order valence-corrected chi connectivity index (χ1v) is 9.64. The topological polar surface area (TPSA) is 158 Å². The van der Waals surface area contributed by atoms with Crippen LogP contribution in [-0.2, 0) is 18.9 Å². The lowest BCUT2D eigenvalue weighted by Gasteiger charge is -2.42. The summed E-state index contributed by atoms with van der Waals surface area (Å²) in [4.78, 5) is 0. The van der Waals surface area contributed by atoms with Gasteiger partial charge in [-0.1, -0.05) is 6.92 Å². The Morgan fingerprint density at radius 1 is 0.929 bits per heavy atom. The Morgan fingerprint density at radius 2 is 1.64 bits per heavy atom. The summed E-state index contributed by atoms with van der Waals surface area (Å²) in [5.74, 6) is -0.955. The zero-order chi connectivity index (χ0) is 21.1. The Labute approximate surface area is 165 Å². The highest BCUT2D eigenvalue weighted by molar-refractivity contribution is 4.91. The molecular weight excluding hydrogens is 376 g/mol. The third kappa shape index (κ3) is 7.13. The van der Waals surface area contributed by atoms with Gasteiger partial charge in [0, 0.05) is 18.9 Å². The summed E-state index contributed by atoms with van der Waals surface area (Å²) in [5, 5.41) is 58.4. The van der Waals surface area contributed by atoms with Gasteiger partial charge in [-0.05, 0) is 6.42 Å². The van der Waals surface area contributed by atoms with E-state index in [1.807, 2.05) is 6.92 Å². The van der Waals surface area contributed by atoms with E-state index in [0.29, 0.717) is 6.42 Å². The average Bonchev–Trinajstić information content (AvgIpc) is 2.71. The standard InChI is InChI=1S/C18H36O10/c1-3-13-15(7-22)28-16(18(24)17(13)23)10-26-8-11(4-19)14(6-21)27-12(5-20)9-25-2/h11-24H,3-10H2,1-2H3/t11-,12+,13-,14?,15?,16-,17+,18?/m1/s1. The number of aliphatic hydroxyl groups is 6. The van der Waals surface area contributed by atoms with Gasteiger partial charge in [0.1, 0.15) is 18.3 Å². The molecule has 0 saturated carbocycles. The third-order valence-corrected chi connectivity index (χ3v) is 5.13. The number of hydrogen-bond donors (Lipinski definition) is 6. The van der Waals surface area contributed by atoms with Crippen LogP contribution in [0.3, 0.4) is 0 Å². The maximum absolute atomic E-state index is 10.2. The Balaban J connectivity index is 2.58. The molecule has 1 rings (SSSR count). The molecule has 8 atom stereocenters. The summed E-state index contributed by atoms with van der Waals surface area (Å²) >= 11 is 0. The Bertz CT molecular complexity index is 397. The summed E-state index contributed by atoms with van der Waals surface area (Å²) in [6.07, 6.45) is -4.51.